The van der Waals surface area contributed by atoms with Crippen molar-refractivity contribution in [2.75, 3.05) is 13.2 Å². The van der Waals surface area contributed by atoms with E-state index in [1.807, 2.05) is 0 Å². The number of benzene rings is 1. The number of halogens is 2. The molecule has 112 valence electrons. The van der Waals surface area contributed by atoms with E-state index in [1.54, 1.807) is 30.3 Å². The number of rotatable bonds is 7. The fraction of sp³-hybridized carbons (Fsp3) is 0.364. The Morgan fingerprint density at radius 2 is 1.85 bits per heavy atom. The van der Waals surface area contributed by atoms with Crippen molar-refractivity contribution in [1.82, 2.24) is 0 Å². The summed E-state index contributed by atoms with van der Waals surface area (Å²) >= 11 is 0. The van der Waals surface area contributed by atoms with E-state index in [2.05, 4.69) is 4.74 Å². The lowest BCUT2D eigenvalue weighted by Gasteiger charge is -2.13. The summed E-state index contributed by atoms with van der Waals surface area (Å²) < 4.78 is 63.3. The molecule has 0 saturated carbocycles. The van der Waals surface area contributed by atoms with Crippen molar-refractivity contribution in [3.05, 3.63) is 30.3 Å². The average molecular weight is 310 g/mol. The van der Waals surface area contributed by atoms with Gasteiger partial charge < -0.3 is 9.47 Å². The Labute approximate surface area is 114 Å². The van der Waals surface area contributed by atoms with Gasteiger partial charge in [0.25, 0.3) is 0 Å². The molecule has 1 aromatic rings. The highest BCUT2D eigenvalue weighted by atomic mass is 32.2. The molecule has 0 saturated heterocycles. The lowest BCUT2D eigenvalue weighted by Crippen LogP contribution is -2.34. The van der Waals surface area contributed by atoms with Crippen molar-refractivity contribution in [2.45, 2.75) is 11.7 Å². The second-order valence-corrected chi connectivity index (χ2v) is 5.23. The average Bonchev–Trinajstić information content (AvgIpc) is 2.36. The first-order valence-corrected chi connectivity index (χ1v) is 6.85. The molecular weight excluding hydrogens is 298 g/mol. The van der Waals surface area contributed by atoms with E-state index in [0.29, 0.717) is 5.75 Å². The van der Waals surface area contributed by atoms with Gasteiger partial charge in [-0.2, -0.15) is 17.2 Å². The number of esters is 1. The molecule has 0 heterocycles. The predicted molar refractivity (Wildman–Crippen MR) is 64.0 cm³/mol. The van der Waals surface area contributed by atoms with Crippen LogP contribution in [0.4, 0.5) is 8.78 Å². The third kappa shape index (κ3) is 5.10. The van der Waals surface area contributed by atoms with Crippen molar-refractivity contribution in [1.29, 1.82) is 0 Å². The zero-order valence-electron chi connectivity index (χ0n) is 10.2. The Morgan fingerprint density at radius 1 is 1.25 bits per heavy atom. The van der Waals surface area contributed by atoms with Gasteiger partial charge in [0.1, 0.15) is 5.75 Å². The summed E-state index contributed by atoms with van der Waals surface area (Å²) in [5.74, 6) is -0.576. The third-order valence-corrected chi connectivity index (χ3v) is 2.97. The van der Waals surface area contributed by atoms with E-state index in [1.165, 1.54) is 0 Å². The van der Waals surface area contributed by atoms with E-state index in [4.69, 9.17) is 9.29 Å². The van der Waals surface area contributed by atoms with Crippen molar-refractivity contribution in [3.63, 3.8) is 0 Å². The molecular formula is C11H12F2O6S. The number of carbonyl (C=O) groups is 1. The Kier molecular flexibility index (Phi) is 5.40. The number of alkyl halides is 2. The first-order chi connectivity index (χ1) is 9.22. The van der Waals surface area contributed by atoms with Gasteiger partial charge in [-0.1, -0.05) is 18.2 Å². The fourth-order valence-corrected chi connectivity index (χ4v) is 1.29. The van der Waals surface area contributed by atoms with Gasteiger partial charge in [-0.25, -0.2) is 0 Å². The Hall–Kier alpha value is -1.74. The molecule has 0 aliphatic carbocycles. The number of hydrogen-bond donors (Lipinski definition) is 1. The lowest BCUT2D eigenvalue weighted by atomic mass is 10.3. The zero-order valence-corrected chi connectivity index (χ0v) is 11.0. The van der Waals surface area contributed by atoms with Gasteiger partial charge in [0.2, 0.25) is 0 Å². The first-order valence-electron chi connectivity index (χ1n) is 5.41. The minimum Gasteiger partial charge on any atom is -0.493 e. The van der Waals surface area contributed by atoms with Crippen LogP contribution in [0.1, 0.15) is 6.42 Å². The molecule has 0 atom stereocenters. The van der Waals surface area contributed by atoms with Crippen molar-refractivity contribution in [2.24, 2.45) is 0 Å². The van der Waals surface area contributed by atoms with Gasteiger partial charge in [-0.15, -0.1) is 0 Å². The predicted octanol–water partition coefficient (Wildman–Crippen LogP) is 1.48. The molecule has 6 nitrogen and oxygen atoms in total. The van der Waals surface area contributed by atoms with Crippen LogP contribution >= 0.6 is 0 Å². The summed E-state index contributed by atoms with van der Waals surface area (Å²) in [7, 11) is -5.60. The standard InChI is InChI=1S/C11H12F2O6S/c12-11(13,20(15,16)17)8-19-10(14)6-7-18-9-4-2-1-3-5-9/h1-5H,6-8H2,(H,15,16,17). The van der Waals surface area contributed by atoms with Crippen LogP contribution in [0.5, 0.6) is 5.75 Å². The van der Waals surface area contributed by atoms with Crippen molar-refractivity contribution >= 4 is 16.1 Å². The largest absolute Gasteiger partial charge is 0.493 e. The van der Waals surface area contributed by atoms with Gasteiger partial charge in [0.15, 0.2) is 6.61 Å². The second kappa shape index (κ2) is 6.62. The van der Waals surface area contributed by atoms with Crippen LogP contribution in [0.25, 0.3) is 0 Å². The molecule has 0 bridgehead atoms. The van der Waals surface area contributed by atoms with Crippen LogP contribution in [0.2, 0.25) is 0 Å². The highest BCUT2D eigenvalue weighted by molar-refractivity contribution is 7.86. The summed E-state index contributed by atoms with van der Waals surface area (Å²) in [4.78, 5) is 11.1. The van der Waals surface area contributed by atoms with E-state index >= 15 is 0 Å². The van der Waals surface area contributed by atoms with Crippen LogP contribution in [0.3, 0.4) is 0 Å². The smallest absolute Gasteiger partial charge is 0.402 e. The van der Waals surface area contributed by atoms with Crippen LogP contribution in [-0.2, 0) is 19.6 Å². The van der Waals surface area contributed by atoms with Crippen LogP contribution < -0.4 is 4.74 Å². The molecule has 9 heteroatoms. The third-order valence-electron chi connectivity index (χ3n) is 2.10. The van der Waals surface area contributed by atoms with Crippen LogP contribution in [0.15, 0.2) is 30.3 Å². The lowest BCUT2D eigenvalue weighted by molar-refractivity contribution is -0.150. The maximum atomic E-state index is 12.7. The monoisotopic (exact) mass is 310 g/mol. The van der Waals surface area contributed by atoms with E-state index in [-0.39, 0.29) is 13.0 Å². The quantitative estimate of drug-likeness (QED) is 0.606. The second-order valence-electron chi connectivity index (χ2n) is 3.68. The van der Waals surface area contributed by atoms with Crippen molar-refractivity contribution in [3.8, 4) is 5.75 Å². The highest BCUT2D eigenvalue weighted by Crippen LogP contribution is 2.20. The topological polar surface area (TPSA) is 89.9 Å². The molecule has 0 amide bonds. The van der Waals surface area contributed by atoms with Crippen LogP contribution in [-0.4, -0.2) is 37.4 Å². The number of carbonyl (C=O) groups excluding carboxylic acids is 1. The Morgan fingerprint density at radius 3 is 2.40 bits per heavy atom. The molecule has 0 aromatic heterocycles. The SMILES string of the molecule is O=C(CCOc1ccccc1)OCC(F)(F)S(=O)(=O)O. The normalized spacial score (nSPS) is 11.9. The summed E-state index contributed by atoms with van der Waals surface area (Å²) in [6, 6.07) is 8.45. The maximum Gasteiger partial charge on any atom is 0.402 e. The Bertz CT molecular complexity index is 543. The number of para-hydroxylation sites is 1. The van der Waals surface area contributed by atoms with Gasteiger partial charge in [0.05, 0.1) is 13.0 Å². The number of ether oxygens (including phenoxy) is 2. The molecule has 0 spiro atoms. The first kappa shape index (κ1) is 16.3. The molecule has 1 N–H and O–H groups in total. The van der Waals surface area contributed by atoms with E-state index in [0.717, 1.165) is 0 Å². The summed E-state index contributed by atoms with van der Waals surface area (Å²) in [6.45, 7) is -1.85. The molecule has 1 aromatic carbocycles. The van der Waals surface area contributed by atoms with E-state index < -0.39 is 27.9 Å². The zero-order chi connectivity index (χ0) is 15.2. The summed E-state index contributed by atoms with van der Waals surface area (Å²) in [5, 5.41) is -4.52. The number of hydrogen-bond acceptors (Lipinski definition) is 5. The highest BCUT2D eigenvalue weighted by Gasteiger charge is 2.45. The molecule has 0 fully saturated rings. The van der Waals surface area contributed by atoms with Gasteiger partial charge >= 0.3 is 21.3 Å². The Balaban J connectivity index is 2.31. The molecule has 0 aliphatic rings. The molecule has 20 heavy (non-hydrogen) atoms. The van der Waals surface area contributed by atoms with E-state index in [9.17, 15) is 22.0 Å². The minimum atomic E-state index is -5.60. The van der Waals surface area contributed by atoms with Crippen LogP contribution in [0, 0.1) is 0 Å². The summed E-state index contributed by atoms with van der Waals surface area (Å²) in [5.41, 5.74) is 0. The molecule has 1 rings (SSSR count). The molecule has 0 unspecified atom stereocenters. The maximum absolute atomic E-state index is 12.7. The van der Waals surface area contributed by atoms with Gasteiger partial charge in [-0.05, 0) is 12.1 Å². The van der Waals surface area contributed by atoms with Crippen molar-refractivity contribution < 1.29 is 36.0 Å². The summed E-state index contributed by atoms with van der Waals surface area (Å²) in [6.07, 6.45) is -0.337. The van der Waals surface area contributed by atoms with Gasteiger partial charge in [0, 0.05) is 0 Å². The molecule has 0 aliphatic heterocycles. The van der Waals surface area contributed by atoms with Gasteiger partial charge in [-0.3, -0.25) is 9.35 Å². The fourth-order valence-electron chi connectivity index (χ4n) is 1.08. The minimum absolute atomic E-state index is 0.111. The molecule has 0 radical (unpaired) electrons.